The van der Waals surface area contributed by atoms with E-state index in [9.17, 15) is 9.59 Å². The predicted molar refractivity (Wildman–Crippen MR) is 83.6 cm³/mol. The first kappa shape index (κ1) is 16.7. The molecule has 0 spiro atoms. The van der Waals surface area contributed by atoms with Crippen LogP contribution in [0.15, 0.2) is 28.7 Å². The maximum absolute atomic E-state index is 11.9. The fourth-order valence-corrected chi connectivity index (χ4v) is 2.25. The lowest BCUT2D eigenvalue weighted by molar-refractivity contribution is -0.129. The summed E-state index contributed by atoms with van der Waals surface area (Å²) in [6.45, 7) is 7.39. The second-order valence-corrected chi connectivity index (χ2v) is 6.04. The number of hydrogen-bond donors (Lipinski definition) is 1. The number of amides is 2. The normalized spacial score (nSPS) is 10.4. The highest BCUT2D eigenvalue weighted by molar-refractivity contribution is 9.10. The van der Waals surface area contributed by atoms with Gasteiger partial charge in [0.1, 0.15) is 0 Å². The van der Waals surface area contributed by atoms with Crippen LogP contribution in [0.1, 0.15) is 31.1 Å². The molecule has 1 aromatic carbocycles. The van der Waals surface area contributed by atoms with Crippen molar-refractivity contribution in [2.75, 3.05) is 19.6 Å². The Balaban J connectivity index is 2.46. The van der Waals surface area contributed by atoms with Crippen molar-refractivity contribution in [3.05, 3.63) is 34.3 Å². The average Bonchev–Trinajstić information content (AvgIpc) is 2.36. The highest BCUT2D eigenvalue weighted by Gasteiger charge is 2.11. The van der Waals surface area contributed by atoms with E-state index < -0.39 is 0 Å². The number of benzene rings is 1. The summed E-state index contributed by atoms with van der Waals surface area (Å²) in [6, 6.07) is 7.22. The number of carbonyl (C=O) groups is 2. The number of hydrogen-bond acceptors (Lipinski definition) is 2. The molecular formula is C15H21BrN2O2. The molecule has 0 unspecified atom stereocenters. The first-order valence-electron chi connectivity index (χ1n) is 6.69. The van der Waals surface area contributed by atoms with Crippen LogP contribution in [0.2, 0.25) is 0 Å². The summed E-state index contributed by atoms with van der Waals surface area (Å²) in [5, 5.41) is 2.83. The zero-order valence-corrected chi connectivity index (χ0v) is 13.7. The molecule has 1 aromatic rings. The third kappa shape index (κ3) is 5.74. The molecule has 0 saturated carbocycles. The van der Waals surface area contributed by atoms with Crippen molar-refractivity contribution in [2.24, 2.45) is 5.92 Å². The first-order valence-corrected chi connectivity index (χ1v) is 7.48. The fraction of sp³-hybridized carbons (Fsp3) is 0.467. The molecular weight excluding hydrogens is 320 g/mol. The van der Waals surface area contributed by atoms with Crippen molar-refractivity contribution >= 4 is 27.7 Å². The lowest BCUT2D eigenvalue weighted by atomic mass is 10.2. The first-order chi connectivity index (χ1) is 9.40. The van der Waals surface area contributed by atoms with Gasteiger partial charge in [0.05, 0.1) is 0 Å². The highest BCUT2D eigenvalue weighted by Crippen LogP contribution is 2.11. The van der Waals surface area contributed by atoms with Gasteiger partial charge in [0.2, 0.25) is 5.91 Å². The average molecular weight is 341 g/mol. The van der Waals surface area contributed by atoms with Crippen LogP contribution >= 0.6 is 15.9 Å². The van der Waals surface area contributed by atoms with Gasteiger partial charge in [-0.1, -0.05) is 35.8 Å². The lowest BCUT2D eigenvalue weighted by Gasteiger charge is -2.23. The second-order valence-electron chi connectivity index (χ2n) is 5.13. The minimum absolute atomic E-state index is 0.0374. The quantitative estimate of drug-likeness (QED) is 0.865. The Morgan fingerprint density at radius 3 is 2.60 bits per heavy atom. The Hall–Kier alpha value is -1.36. The smallest absolute Gasteiger partial charge is 0.251 e. The Labute approximate surface area is 128 Å². The van der Waals surface area contributed by atoms with Crippen LogP contribution in [0.3, 0.4) is 0 Å². The Kier molecular flexibility index (Phi) is 6.71. The SMILES string of the molecule is CC(=O)N(CCNC(=O)c1cccc(Br)c1)CC(C)C. The van der Waals surface area contributed by atoms with Crippen LogP contribution in [0.5, 0.6) is 0 Å². The lowest BCUT2D eigenvalue weighted by Crippen LogP contribution is -2.39. The van der Waals surface area contributed by atoms with Gasteiger partial charge in [0.25, 0.3) is 5.91 Å². The van der Waals surface area contributed by atoms with Gasteiger partial charge in [-0.3, -0.25) is 9.59 Å². The van der Waals surface area contributed by atoms with Crippen molar-refractivity contribution in [3.63, 3.8) is 0 Å². The summed E-state index contributed by atoms with van der Waals surface area (Å²) < 4.78 is 0.871. The summed E-state index contributed by atoms with van der Waals surface area (Å²) in [6.07, 6.45) is 0. The van der Waals surface area contributed by atoms with E-state index >= 15 is 0 Å². The van der Waals surface area contributed by atoms with Crippen molar-refractivity contribution in [2.45, 2.75) is 20.8 Å². The van der Waals surface area contributed by atoms with Gasteiger partial charge in [0, 0.05) is 36.6 Å². The molecule has 0 heterocycles. The molecule has 0 fully saturated rings. The van der Waals surface area contributed by atoms with Gasteiger partial charge < -0.3 is 10.2 Å². The summed E-state index contributed by atoms with van der Waals surface area (Å²) in [4.78, 5) is 25.2. The van der Waals surface area contributed by atoms with Crippen molar-refractivity contribution in [1.82, 2.24) is 10.2 Å². The molecule has 20 heavy (non-hydrogen) atoms. The number of halogens is 1. The summed E-state index contributed by atoms with van der Waals surface area (Å²) >= 11 is 3.34. The molecule has 0 atom stereocenters. The molecule has 110 valence electrons. The number of carbonyl (C=O) groups excluding carboxylic acids is 2. The number of nitrogens with zero attached hydrogens (tertiary/aromatic N) is 1. The monoisotopic (exact) mass is 340 g/mol. The number of rotatable bonds is 6. The topological polar surface area (TPSA) is 49.4 Å². The Bertz CT molecular complexity index is 475. The predicted octanol–water partition coefficient (Wildman–Crippen LogP) is 2.68. The van der Waals surface area contributed by atoms with Gasteiger partial charge in [-0.05, 0) is 24.1 Å². The largest absolute Gasteiger partial charge is 0.350 e. The minimum Gasteiger partial charge on any atom is -0.350 e. The zero-order chi connectivity index (χ0) is 15.1. The molecule has 1 rings (SSSR count). The van der Waals surface area contributed by atoms with Crippen molar-refractivity contribution < 1.29 is 9.59 Å². The van der Waals surface area contributed by atoms with E-state index in [1.54, 1.807) is 24.0 Å². The van der Waals surface area contributed by atoms with Crippen LogP contribution in [0.25, 0.3) is 0 Å². The van der Waals surface area contributed by atoms with Crippen LogP contribution in [0.4, 0.5) is 0 Å². The molecule has 4 nitrogen and oxygen atoms in total. The van der Waals surface area contributed by atoms with Crippen LogP contribution in [-0.4, -0.2) is 36.3 Å². The summed E-state index contributed by atoms with van der Waals surface area (Å²) in [5.74, 6) is 0.328. The maximum Gasteiger partial charge on any atom is 0.251 e. The summed E-state index contributed by atoms with van der Waals surface area (Å²) in [7, 11) is 0. The second kappa shape index (κ2) is 8.04. The van der Waals surface area contributed by atoms with E-state index in [4.69, 9.17) is 0 Å². The van der Waals surface area contributed by atoms with Gasteiger partial charge in [0.15, 0.2) is 0 Å². The van der Waals surface area contributed by atoms with E-state index in [0.29, 0.717) is 31.1 Å². The summed E-state index contributed by atoms with van der Waals surface area (Å²) in [5.41, 5.74) is 0.609. The van der Waals surface area contributed by atoms with E-state index in [1.165, 1.54) is 0 Å². The van der Waals surface area contributed by atoms with E-state index in [1.807, 2.05) is 12.1 Å². The van der Waals surface area contributed by atoms with Gasteiger partial charge in [-0.25, -0.2) is 0 Å². The van der Waals surface area contributed by atoms with Crippen LogP contribution < -0.4 is 5.32 Å². The molecule has 0 aliphatic heterocycles. The Morgan fingerprint density at radius 1 is 1.35 bits per heavy atom. The van der Waals surface area contributed by atoms with Gasteiger partial charge >= 0.3 is 0 Å². The molecule has 0 radical (unpaired) electrons. The van der Waals surface area contributed by atoms with Crippen LogP contribution in [0, 0.1) is 5.92 Å². The van der Waals surface area contributed by atoms with Crippen LogP contribution in [-0.2, 0) is 4.79 Å². The van der Waals surface area contributed by atoms with E-state index in [2.05, 4.69) is 35.1 Å². The van der Waals surface area contributed by atoms with Gasteiger partial charge in [-0.2, -0.15) is 0 Å². The minimum atomic E-state index is -0.126. The van der Waals surface area contributed by atoms with Crippen molar-refractivity contribution in [1.29, 1.82) is 0 Å². The zero-order valence-electron chi connectivity index (χ0n) is 12.1. The maximum atomic E-state index is 11.9. The third-order valence-electron chi connectivity index (χ3n) is 2.78. The third-order valence-corrected chi connectivity index (χ3v) is 3.28. The molecule has 0 bridgehead atoms. The van der Waals surface area contributed by atoms with Gasteiger partial charge in [-0.15, -0.1) is 0 Å². The standard InChI is InChI=1S/C15H21BrN2O2/c1-11(2)10-18(12(3)19)8-7-17-15(20)13-5-4-6-14(16)9-13/h4-6,9,11H,7-8,10H2,1-3H3,(H,17,20). The van der Waals surface area contributed by atoms with E-state index in [0.717, 1.165) is 4.47 Å². The molecule has 1 N–H and O–H groups in total. The molecule has 0 aliphatic carbocycles. The Morgan fingerprint density at radius 2 is 2.05 bits per heavy atom. The number of nitrogens with one attached hydrogen (secondary N) is 1. The van der Waals surface area contributed by atoms with Crippen molar-refractivity contribution in [3.8, 4) is 0 Å². The highest BCUT2D eigenvalue weighted by atomic mass is 79.9. The fourth-order valence-electron chi connectivity index (χ4n) is 1.85. The molecule has 0 saturated heterocycles. The van der Waals surface area contributed by atoms with E-state index in [-0.39, 0.29) is 11.8 Å². The molecule has 0 aliphatic rings. The molecule has 5 heteroatoms. The molecule has 2 amide bonds. The molecule has 0 aromatic heterocycles.